The van der Waals surface area contributed by atoms with Gasteiger partial charge in [0.15, 0.2) is 0 Å². The molecule has 0 saturated heterocycles. The van der Waals surface area contributed by atoms with Crippen LogP contribution >= 0.6 is 15.9 Å². The van der Waals surface area contributed by atoms with Gasteiger partial charge in [0, 0.05) is 22.9 Å². The molecule has 104 valence electrons. The van der Waals surface area contributed by atoms with Gasteiger partial charge in [0.25, 0.3) is 0 Å². The van der Waals surface area contributed by atoms with Gasteiger partial charge in [-0.3, -0.25) is 4.79 Å². The lowest BCUT2D eigenvalue weighted by molar-refractivity contribution is -0.119. The van der Waals surface area contributed by atoms with Crippen LogP contribution in [-0.2, 0) is 11.5 Å². The molecule has 5 heteroatoms. The Labute approximate surface area is 122 Å². The normalized spacial score (nSPS) is 11.5. The number of carbonyl (C=O) groups is 1. The molecule has 1 aromatic heterocycles. The standard InChI is InChI=1S/C14H20BrN3O/c1-5-12(4)16-14-11(3)7-13(15)8-18(14)9-17(6-2)10-19/h7-8,10H,4-6,9H2,1-3H3/b16-14-. The van der Waals surface area contributed by atoms with Gasteiger partial charge in [-0.15, -0.1) is 0 Å². The molecule has 0 fully saturated rings. The molecule has 0 aliphatic rings. The van der Waals surface area contributed by atoms with Crippen LogP contribution in [0.25, 0.3) is 0 Å². The Balaban J connectivity index is 3.31. The molecule has 0 atom stereocenters. The molecule has 0 unspecified atom stereocenters. The number of amides is 1. The van der Waals surface area contributed by atoms with Crippen molar-refractivity contribution in [1.29, 1.82) is 0 Å². The highest BCUT2D eigenvalue weighted by atomic mass is 79.9. The first-order chi connectivity index (χ1) is 9.01. The molecule has 1 aromatic rings. The van der Waals surface area contributed by atoms with E-state index in [4.69, 9.17) is 0 Å². The van der Waals surface area contributed by atoms with Crippen LogP contribution in [0, 0.1) is 6.92 Å². The van der Waals surface area contributed by atoms with Crippen LogP contribution in [0.4, 0.5) is 0 Å². The van der Waals surface area contributed by atoms with Crippen molar-refractivity contribution in [3.63, 3.8) is 0 Å². The lowest BCUT2D eigenvalue weighted by Gasteiger charge is -2.18. The Hall–Kier alpha value is -1.36. The van der Waals surface area contributed by atoms with Crippen LogP contribution in [0.1, 0.15) is 25.8 Å². The summed E-state index contributed by atoms with van der Waals surface area (Å²) >= 11 is 3.47. The molecule has 0 bridgehead atoms. The Bertz CT molecular complexity index is 534. The van der Waals surface area contributed by atoms with Gasteiger partial charge < -0.3 is 9.47 Å². The van der Waals surface area contributed by atoms with E-state index >= 15 is 0 Å². The third-order valence-corrected chi connectivity index (χ3v) is 3.25. The Morgan fingerprint density at radius 2 is 2.26 bits per heavy atom. The fourth-order valence-corrected chi connectivity index (χ4v) is 2.23. The molecule has 1 rings (SSSR count). The fourth-order valence-electron chi connectivity index (χ4n) is 1.64. The number of carbonyl (C=O) groups excluding carboxylic acids is 1. The van der Waals surface area contributed by atoms with Gasteiger partial charge in [-0.05, 0) is 47.8 Å². The van der Waals surface area contributed by atoms with Crippen molar-refractivity contribution in [2.24, 2.45) is 4.99 Å². The number of allylic oxidation sites excluding steroid dienone is 1. The fraction of sp³-hybridized carbons (Fsp3) is 0.429. The summed E-state index contributed by atoms with van der Waals surface area (Å²) in [5.74, 6) is 0. The van der Waals surface area contributed by atoms with Crippen LogP contribution in [0.5, 0.6) is 0 Å². The summed E-state index contributed by atoms with van der Waals surface area (Å²) in [4.78, 5) is 17.2. The highest BCUT2D eigenvalue weighted by molar-refractivity contribution is 9.10. The van der Waals surface area contributed by atoms with Crippen LogP contribution in [0.15, 0.2) is 34.0 Å². The van der Waals surface area contributed by atoms with Crippen molar-refractivity contribution >= 4 is 22.3 Å². The van der Waals surface area contributed by atoms with E-state index in [0.29, 0.717) is 13.2 Å². The SMILES string of the molecule is C=C(CC)/N=c1/c(C)cc(Br)cn1CN(C=O)CC. The number of aryl methyl sites for hydroxylation is 1. The van der Waals surface area contributed by atoms with E-state index < -0.39 is 0 Å². The summed E-state index contributed by atoms with van der Waals surface area (Å²) in [6, 6.07) is 2.01. The second-order valence-corrected chi connectivity index (χ2v) is 5.23. The zero-order chi connectivity index (χ0) is 14.4. The van der Waals surface area contributed by atoms with Crippen molar-refractivity contribution in [3.05, 3.63) is 40.1 Å². The predicted octanol–water partition coefficient (Wildman–Crippen LogP) is 2.82. The summed E-state index contributed by atoms with van der Waals surface area (Å²) in [6.07, 6.45) is 3.59. The molecule has 1 amide bonds. The summed E-state index contributed by atoms with van der Waals surface area (Å²) in [5.41, 5.74) is 2.72. The second-order valence-electron chi connectivity index (χ2n) is 4.32. The highest BCUT2D eigenvalue weighted by Crippen LogP contribution is 2.09. The van der Waals surface area contributed by atoms with Crippen molar-refractivity contribution in [3.8, 4) is 0 Å². The molecule has 0 saturated carbocycles. The van der Waals surface area contributed by atoms with Gasteiger partial charge in [-0.1, -0.05) is 13.5 Å². The van der Waals surface area contributed by atoms with Crippen molar-refractivity contribution in [2.75, 3.05) is 6.54 Å². The van der Waals surface area contributed by atoms with Gasteiger partial charge in [0.2, 0.25) is 6.41 Å². The highest BCUT2D eigenvalue weighted by Gasteiger charge is 2.04. The largest absolute Gasteiger partial charge is 0.327 e. The maximum atomic E-state index is 11.0. The minimum Gasteiger partial charge on any atom is -0.327 e. The van der Waals surface area contributed by atoms with Crippen molar-refractivity contribution in [1.82, 2.24) is 9.47 Å². The summed E-state index contributed by atoms with van der Waals surface area (Å²) in [6.45, 7) is 11.0. The molecule has 0 spiro atoms. The molecular formula is C14H20BrN3O. The minimum atomic E-state index is 0.482. The zero-order valence-corrected chi connectivity index (χ0v) is 13.3. The molecule has 0 aliphatic heterocycles. The van der Waals surface area contributed by atoms with Gasteiger partial charge in [-0.2, -0.15) is 0 Å². The topological polar surface area (TPSA) is 37.6 Å². The number of hydrogen-bond acceptors (Lipinski definition) is 2. The van der Waals surface area contributed by atoms with Gasteiger partial charge >= 0.3 is 0 Å². The minimum absolute atomic E-state index is 0.482. The Morgan fingerprint density at radius 1 is 1.58 bits per heavy atom. The molecule has 0 aromatic carbocycles. The van der Waals surface area contributed by atoms with Crippen molar-refractivity contribution in [2.45, 2.75) is 33.9 Å². The Morgan fingerprint density at radius 3 is 2.79 bits per heavy atom. The third kappa shape index (κ3) is 4.35. The number of halogens is 1. The summed E-state index contributed by atoms with van der Waals surface area (Å²) < 4.78 is 2.92. The summed E-state index contributed by atoms with van der Waals surface area (Å²) in [7, 11) is 0. The second kappa shape index (κ2) is 7.28. The molecule has 4 nitrogen and oxygen atoms in total. The van der Waals surface area contributed by atoms with Gasteiger partial charge in [-0.25, -0.2) is 4.99 Å². The van der Waals surface area contributed by atoms with E-state index in [1.807, 2.05) is 37.6 Å². The van der Waals surface area contributed by atoms with E-state index in [1.54, 1.807) is 4.90 Å². The first-order valence-corrected chi connectivity index (χ1v) is 7.09. The number of aromatic nitrogens is 1. The van der Waals surface area contributed by atoms with Crippen LogP contribution in [-0.4, -0.2) is 22.4 Å². The van der Waals surface area contributed by atoms with E-state index in [0.717, 1.165) is 34.1 Å². The first kappa shape index (κ1) is 15.7. The average molecular weight is 326 g/mol. The lowest BCUT2D eigenvalue weighted by atomic mass is 10.3. The Kier molecular flexibility index (Phi) is 6.02. The van der Waals surface area contributed by atoms with E-state index in [1.165, 1.54) is 0 Å². The van der Waals surface area contributed by atoms with Gasteiger partial charge in [0.1, 0.15) is 5.49 Å². The molecule has 0 N–H and O–H groups in total. The maximum Gasteiger partial charge on any atom is 0.211 e. The molecule has 0 aliphatic carbocycles. The first-order valence-electron chi connectivity index (χ1n) is 6.30. The summed E-state index contributed by atoms with van der Waals surface area (Å²) in [5, 5.41) is 0. The monoisotopic (exact) mass is 325 g/mol. The average Bonchev–Trinajstić information content (AvgIpc) is 2.39. The number of nitrogens with zero attached hydrogens (tertiary/aromatic N) is 3. The van der Waals surface area contributed by atoms with Crippen molar-refractivity contribution < 1.29 is 4.79 Å². The smallest absolute Gasteiger partial charge is 0.211 e. The molecular weight excluding hydrogens is 306 g/mol. The zero-order valence-electron chi connectivity index (χ0n) is 11.7. The van der Waals surface area contributed by atoms with E-state index in [2.05, 4.69) is 27.5 Å². The lowest BCUT2D eigenvalue weighted by Crippen LogP contribution is -2.33. The van der Waals surface area contributed by atoms with E-state index in [-0.39, 0.29) is 0 Å². The van der Waals surface area contributed by atoms with Gasteiger partial charge in [0.05, 0.1) is 6.67 Å². The molecule has 0 radical (unpaired) electrons. The van der Waals surface area contributed by atoms with Crippen LogP contribution < -0.4 is 5.49 Å². The quantitative estimate of drug-likeness (QED) is 0.741. The number of rotatable bonds is 6. The predicted molar refractivity (Wildman–Crippen MR) is 80.3 cm³/mol. The maximum absolute atomic E-state index is 11.0. The van der Waals surface area contributed by atoms with Crippen LogP contribution in [0.3, 0.4) is 0 Å². The molecule has 1 heterocycles. The molecule has 19 heavy (non-hydrogen) atoms. The van der Waals surface area contributed by atoms with E-state index in [9.17, 15) is 4.79 Å². The number of pyridine rings is 1. The third-order valence-electron chi connectivity index (χ3n) is 2.82. The van der Waals surface area contributed by atoms with Crippen LogP contribution in [0.2, 0.25) is 0 Å². The number of hydrogen-bond donors (Lipinski definition) is 0.